The third kappa shape index (κ3) is 4.15. The van der Waals surface area contributed by atoms with Gasteiger partial charge in [0.1, 0.15) is 17.2 Å². The molecule has 3 aromatic rings. The van der Waals surface area contributed by atoms with E-state index in [9.17, 15) is 5.11 Å². The summed E-state index contributed by atoms with van der Waals surface area (Å²) in [5.41, 5.74) is 6.28. The molecule has 0 bridgehead atoms. The highest BCUT2D eigenvalue weighted by Crippen LogP contribution is 2.29. The first-order chi connectivity index (χ1) is 12.4. The van der Waals surface area contributed by atoms with Crippen LogP contribution in [-0.4, -0.2) is 17.8 Å². The third-order valence-corrected chi connectivity index (χ3v) is 4.23. The summed E-state index contributed by atoms with van der Waals surface area (Å²) >= 11 is 0. The highest BCUT2D eigenvalue weighted by molar-refractivity contribution is 5.84. The number of ether oxygens (including phenoxy) is 2. The molecular weight excluding hydrogens is 326 g/mol. The van der Waals surface area contributed by atoms with Gasteiger partial charge in [0.2, 0.25) is 0 Å². The fourth-order valence-corrected chi connectivity index (χ4v) is 2.73. The summed E-state index contributed by atoms with van der Waals surface area (Å²) in [6, 6.07) is 19.5. The van der Waals surface area contributed by atoms with Gasteiger partial charge < -0.3 is 20.3 Å². The van der Waals surface area contributed by atoms with Gasteiger partial charge in [-0.25, -0.2) is 0 Å². The fraction of sp³-hybridized carbons (Fsp3) is 0.273. The quantitative estimate of drug-likeness (QED) is 0.682. The second kappa shape index (κ2) is 7.36. The smallest absolute Gasteiger partial charge is 0.128 e. The molecule has 3 N–H and O–H groups in total. The van der Waals surface area contributed by atoms with E-state index in [2.05, 4.69) is 0 Å². The maximum absolute atomic E-state index is 9.44. The molecule has 26 heavy (non-hydrogen) atoms. The van der Waals surface area contributed by atoms with Gasteiger partial charge in [-0.15, -0.1) is 0 Å². The van der Waals surface area contributed by atoms with E-state index in [1.54, 1.807) is 0 Å². The van der Waals surface area contributed by atoms with E-state index >= 15 is 0 Å². The lowest BCUT2D eigenvalue weighted by Gasteiger charge is -2.22. The van der Waals surface area contributed by atoms with Crippen LogP contribution in [0.5, 0.6) is 17.2 Å². The zero-order valence-corrected chi connectivity index (χ0v) is 15.4. The Hall–Kier alpha value is -2.56. The van der Waals surface area contributed by atoms with E-state index in [1.807, 2.05) is 81.4 Å². The SMILES string of the molecule is CC(C)Oc1ccc(Oc2ccc3cc(C(C)(N)CO)ccc3c2)cc1. The molecule has 0 fully saturated rings. The van der Waals surface area contributed by atoms with Gasteiger partial charge in [0.05, 0.1) is 18.2 Å². The summed E-state index contributed by atoms with van der Waals surface area (Å²) in [5.74, 6) is 2.35. The van der Waals surface area contributed by atoms with Crippen molar-refractivity contribution in [3.63, 3.8) is 0 Å². The number of aliphatic hydroxyl groups is 1. The average molecular weight is 351 g/mol. The molecule has 0 amide bonds. The standard InChI is InChI=1S/C22H25NO3/c1-15(2)25-19-8-10-20(11-9-19)26-21-7-5-16-12-18(22(3,23)14-24)6-4-17(16)13-21/h4-13,15,24H,14,23H2,1-3H3. The van der Waals surface area contributed by atoms with Gasteiger partial charge in [0, 0.05) is 0 Å². The molecule has 0 aliphatic carbocycles. The van der Waals surface area contributed by atoms with Gasteiger partial charge >= 0.3 is 0 Å². The molecule has 3 rings (SSSR count). The third-order valence-electron chi connectivity index (χ3n) is 4.23. The minimum absolute atomic E-state index is 0.101. The van der Waals surface area contributed by atoms with Gasteiger partial charge in [0.15, 0.2) is 0 Å². The lowest BCUT2D eigenvalue weighted by Crippen LogP contribution is -2.36. The first kappa shape index (κ1) is 18.2. The molecule has 0 spiro atoms. The maximum atomic E-state index is 9.44. The zero-order valence-electron chi connectivity index (χ0n) is 15.4. The molecule has 0 saturated heterocycles. The van der Waals surface area contributed by atoms with Crippen LogP contribution in [0.1, 0.15) is 26.3 Å². The monoisotopic (exact) mass is 351 g/mol. The average Bonchev–Trinajstić information content (AvgIpc) is 2.62. The largest absolute Gasteiger partial charge is 0.491 e. The Kier molecular flexibility index (Phi) is 5.16. The van der Waals surface area contributed by atoms with E-state index in [0.717, 1.165) is 33.6 Å². The molecule has 0 radical (unpaired) electrons. The molecule has 4 heteroatoms. The lowest BCUT2D eigenvalue weighted by molar-refractivity contribution is 0.210. The van der Waals surface area contributed by atoms with Crippen molar-refractivity contribution in [1.82, 2.24) is 0 Å². The number of hydrogen-bond acceptors (Lipinski definition) is 4. The minimum Gasteiger partial charge on any atom is -0.491 e. The summed E-state index contributed by atoms with van der Waals surface area (Å²) in [4.78, 5) is 0. The summed E-state index contributed by atoms with van der Waals surface area (Å²) < 4.78 is 11.6. The van der Waals surface area contributed by atoms with Crippen LogP contribution in [0.25, 0.3) is 10.8 Å². The predicted molar refractivity (Wildman–Crippen MR) is 105 cm³/mol. The van der Waals surface area contributed by atoms with Crippen molar-refractivity contribution in [1.29, 1.82) is 0 Å². The first-order valence-electron chi connectivity index (χ1n) is 8.76. The van der Waals surface area contributed by atoms with Crippen molar-refractivity contribution in [2.45, 2.75) is 32.4 Å². The molecule has 4 nitrogen and oxygen atoms in total. The van der Waals surface area contributed by atoms with Crippen molar-refractivity contribution in [2.75, 3.05) is 6.61 Å². The predicted octanol–water partition coefficient (Wildman–Crippen LogP) is 4.59. The number of rotatable bonds is 6. The number of hydrogen-bond donors (Lipinski definition) is 2. The van der Waals surface area contributed by atoms with Crippen LogP contribution in [0.2, 0.25) is 0 Å². The van der Waals surface area contributed by atoms with E-state index in [-0.39, 0.29) is 12.7 Å². The van der Waals surface area contributed by atoms with Crippen molar-refractivity contribution in [3.8, 4) is 17.2 Å². The second-order valence-electron chi connectivity index (χ2n) is 7.04. The molecule has 1 unspecified atom stereocenters. The van der Waals surface area contributed by atoms with Crippen molar-refractivity contribution < 1.29 is 14.6 Å². The first-order valence-corrected chi connectivity index (χ1v) is 8.76. The molecule has 0 aliphatic heterocycles. The van der Waals surface area contributed by atoms with E-state index < -0.39 is 5.54 Å². The minimum atomic E-state index is -0.747. The number of aliphatic hydroxyl groups excluding tert-OH is 1. The normalized spacial score (nSPS) is 13.6. The highest BCUT2D eigenvalue weighted by Gasteiger charge is 2.20. The molecule has 0 saturated carbocycles. The summed E-state index contributed by atoms with van der Waals surface area (Å²) in [7, 11) is 0. The van der Waals surface area contributed by atoms with E-state index in [4.69, 9.17) is 15.2 Å². The summed E-state index contributed by atoms with van der Waals surface area (Å²) in [5, 5.41) is 11.6. The van der Waals surface area contributed by atoms with Crippen LogP contribution in [0.4, 0.5) is 0 Å². The fourth-order valence-electron chi connectivity index (χ4n) is 2.73. The Balaban J connectivity index is 1.80. The van der Waals surface area contributed by atoms with Crippen LogP contribution >= 0.6 is 0 Å². The Bertz CT molecular complexity index is 886. The molecule has 136 valence electrons. The summed E-state index contributed by atoms with van der Waals surface area (Å²) in [6.07, 6.45) is 0.147. The second-order valence-corrected chi connectivity index (χ2v) is 7.04. The van der Waals surface area contributed by atoms with Gasteiger partial charge in [-0.1, -0.05) is 18.2 Å². The van der Waals surface area contributed by atoms with E-state index in [1.165, 1.54) is 0 Å². The van der Waals surface area contributed by atoms with Crippen molar-refractivity contribution >= 4 is 10.8 Å². The van der Waals surface area contributed by atoms with Crippen LogP contribution in [-0.2, 0) is 5.54 Å². The van der Waals surface area contributed by atoms with Crippen LogP contribution in [0.3, 0.4) is 0 Å². The highest BCUT2D eigenvalue weighted by atomic mass is 16.5. The molecule has 0 aliphatic rings. The van der Waals surface area contributed by atoms with Crippen LogP contribution < -0.4 is 15.2 Å². The molecule has 0 aromatic heterocycles. The number of benzene rings is 3. The van der Waals surface area contributed by atoms with Gasteiger partial charge in [-0.2, -0.15) is 0 Å². The van der Waals surface area contributed by atoms with Gasteiger partial charge in [0.25, 0.3) is 0 Å². The topological polar surface area (TPSA) is 64.7 Å². The van der Waals surface area contributed by atoms with Gasteiger partial charge in [-0.05, 0) is 79.6 Å². The van der Waals surface area contributed by atoms with E-state index in [0.29, 0.717) is 0 Å². The lowest BCUT2D eigenvalue weighted by atomic mass is 9.92. The Labute approximate surface area is 154 Å². The molecule has 1 atom stereocenters. The Morgan fingerprint density at radius 1 is 0.885 bits per heavy atom. The zero-order chi connectivity index (χ0) is 18.7. The number of nitrogens with two attached hydrogens (primary N) is 1. The van der Waals surface area contributed by atoms with Crippen molar-refractivity contribution in [2.24, 2.45) is 5.73 Å². The molecular formula is C22H25NO3. The van der Waals surface area contributed by atoms with Crippen molar-refractivity contribution in [3.05, 3.63) is 66.2 Å². The molecule has 0 heterocycles. The number of fused-ring (bicyclic) bond motifs is 1. The Morgan fingerprint density at radius 2 is 1.46 bits per heavy atom. The maximum Gasteiger partial charge on any atom is 0.128 e. The Morgan fingerprint density at radius 3 is 2.12 bits per heavy atom. The van der Waals surface area contributed by atoms with Crippen LogP contribution in [0, 0.1) is 0 Å². The van der Waals surface area contributed by atoms with Crippen LogP contribution in [0.15, 0.2) is 60.7 Å². The molecule has 3 aromatic carbocycles. The van der Waals surface area contributed by atoms with Gasteiger partial charge in [-0.3, -0.25) is 0 Å². The summed E-state index contributed by atoms with van der Waals surface area (Å²) in [6.45, 7) is 5.71.